The van der Waals surface area contributed by atoms with Gasteiger partial charge in [0.2, 0.25) is 5.13 Å². The standard InChI is InChI=1S/C27H27N3O4S/c1-14-12-18-13-17(8-11-20(18)34-14)23(31)21-22(16-6-9-19(10-7-16)27(3,4)5)30(25(33)24(21)32)26-29-28-15(2)35-26/h6-11,13-14,22,31H,12H2,1-5H3/b23-21-. The van der Waals surface area contributed by atoms with Crippen LogP contribution in [0.4, 0.5) is 5.13 Å². The number of nitrogens with zero attached hydrogens (tertiary/aromatic N) is 3. The number of hydrogen-bond acceptors (Lipinski definition) is 7. The molecule has 0 spiro atoms. The second-order valence-electron chi connectivity index (χ2n) is 10.1. The molecule has 5 rings (SSSR count). The summed E-state index contributed by atoms with van der Waals surface area (Å²) in [5, 5.41) is 20.6. The second-order valence-corrected chi connectivity index (χ2v) is 11.3. The first-order valence-electron chi connectivity index (χ1n) is 11.6. The van der Waals surface area contributed by atoms with Crippen LogP contribution in [0.5, 0.6) is 5.75 Å². The van der Waals surface area contributed by atoms with E-state index in [4.69, 9.17) is 4.74 Å². The first kappa shape index (κ1) is 23.2. The zero-order valence-corrected chi connectivity index (χ0v) is 21.1. The lowest BCUT2D eigenvalue weighted by atomic mass is 9.85. The molecule has 1 fully saturated rings. The molecule has 35 heavy (non-hydrogen) atoms. The molecule has 8 heteroatoms. The highest BCUT2D eigenvalue weighted by Gasteiger charge is 2.48. The number of aromatic nitrogens is 2. The number of aryl methyl sites for hydroxylation is 1. The maximum Gasteiger partial charge on any atom is 0.301 e. The third kappa shape index (κ3) is 4.01. The number of amides is 1. The van der Waals surface area contributed by atoms with Crippen molar-refractivity contribution in [2.75, 3.05) is 4.90 Å². The van der Waals surface area contributed by atoms with E-state index in [1.165, 1.54) is 16.2 Å². The average molecular weight is 490 g/mol. The van der Waals surface area contributed by atoms with Crippen LogP contribution in [0.15, 0.2) is 48.0 Å². The summed E-state index contributed by atoms with van der Waals surface area (Å²) in [7, 11) is 0. The molecule has 3 aromatic rings. The van der Waals surface area contributed by atoms with Gasteiger partial charge in [-0.25, -0.2) is 0 Å². The van der Waals surface area contributed by atoms with Crippen LogP contribution >= 0.6 is 11.3 Å². The van der Waals surface area contributed by atoms with Crippen molar-refractivity contribution in [3.8, 4) is 5.75 Å². The van der Waals surface area contributed by atoms with E-state index in [1.54, 1.807) is 19.1 Å². The number of carbonyl (C=O) groups is 2. The van der Waals surface area contributed by atoms with Crippen LogP contribution in [-0.2, 0) is 21.4 Å². The minimum absolute atomic E-state index is 0.0401. The van der Waals surface area contributed by atoms with Crippen LogP contribution < -0.4 is 9.64 Å². The zero-order chi connectivity index (χ0) is 25.1. The van der Waals surface area contributed by atoms with Crippen molar-refractivity contribution < 1.29 is 19.4 Å². The number of ketones is 1. The van der Waals surface area contributed by atoms with E-state index >= 15 is 0 Å². The molecule has 2 aliphatic heterocycles. The molecule has 1 saturated heterocycles. The van der Waals surface area contributed by atoms with Gasteiger partial charge in [-0.05, 0) is 54.2 Å². The fourth-order valence-corrected chi connectivity index (χ4v) is 5.33. The Morgan fingerprint density at radius 2 is 1.83 bits per heavy atom. The largest absolute Gasteiger partial charge is 0.507 e. The Hall–Kier alpha value is -3.52. The molecule has 7 nitrogen and oxygen atoms in total. The van der Waals surface area contributed by atoms with Gasteiger partial charge in [-0.15, -0.1) is 10.2 Å². The molecule has 2 aromatic carbocycles. The van der Waals surface area contributed by atoms with Gasteiger partial charge in [0.1, 0.15) is 22.6 Å². The molecule has 1 amide bonds. The van der Waals surface area contributed by atoms with Gasteiger partial charge in [0, 0.05) is 12.0 Å². The molecule has 2 unspecified atom stereocenters. The van der Waals surface area contributed by atoms with E-state index in [1.807, 2.05) is 37.3 Å². The number of carbonyl (C=O) groups excluding carboxylic acids is 2. The summed E-state index contributed by atoms with van der Waals surface area (Å²) in [6.45, 7) is 10.1. The van der Waals surface area contributed by atoms with E-state index < -0.39 is 17.7 Å². The highest BCUT2D eigenvalue weighted by atomic mass is 32.1. The molecular formula is C27H27N3O4S. The smallest absolute Gasteiger partial charge is 0.301 e. The average Bonchev–Trinajstić information content (AvgIpc) is 3.47. The number of anilines is 1. The highest BCUT2D eigenvalue weighted by Crippen LogP contribution is 2.44. The van der Waals surface area contributed by atoms with Crippen molar-refractivity contribution in [3.05, 3.63) is 75.3 Å². The van der Waals surface area contributed by atoms with Gasteiger partial charge in [-0.3, -0.25) is 14.5 Å². The van der Waals surface area contributed by atoms with Crippen molar-refractivity contribution >= 4 is 33.9 Å². The lowest BCUT2D eigenvalue weighted by Gasteiger charge is -2.24. The summed E-state index contributed by atoms with van der Waals surface area (Å²) < 4.78 is 5.77. The summed E-state index contributed by atoms with van der Waals surface area (Å²) in [4.78, 5) is 27.9. The summed E-state index contributed by atoms with van der Waals surface area (Å²) in [6.07, 6.45) is 0.766. The van der Waals surface area contributed by atoms with Gasteiger partial charge in [0.25, 0.3) is 5.78 Å². The molecule has 1 aromatic heterocycles. The van der Waals surface area contributed by atoms with Crippen LogP contribution in [0, 0.1) is 6.92 Å². The van der Waals surface area contributed by atoms with Crippen LogP contribution in [0.3, 0.4) is 0 Å². The molecule has 0 radical (unpaired) electrons. The molecule has 0 bridgehead atoms. The van der Waals surface area contributed by atoms with Gasteiger partial charge >= 0.3 is 5.91 Å². The van der Waals surface area contributed by atoms with Crippen molar-refractivity contribution in [2.45, 2.75) is 58.6 Å². The Bertz CT molecular complexity index is 1370. The quantitative estimate of drug-likeness (QED) is 0.313. The highest BCUT2D eigenvalue weighted by molar-refractivity contribution is 7.15. The van der Waals surface area contributed by atoms with Crippen molar-refractivity contribution in [3.63, 3.8) is 0 Å². The van der Waals surface area contributed by atoms with Gasteiger partial charge in [-0.1, -0.05) is 56.4 Å². The summed E-state index contributed by atoms with van der Waals surface area (Å²) >= 11 is 1.23. The Labute approximate surface area is 208 Å². The van der Waals surface area contributed by atoms with E-state index in [-0.39, 0.29) is 22.9 Å². The summed E-state index contributed by atoms with van der Waals surface area (Å²) in [5.41, 5.74) is 3.26. The van der Waals surface area contributed by atoms with Gasteiger partial charge in [0.15, 0.2) is 0 Å². The van der Waals surface area contributed by atoms with Crippen LogP contribution in [-0.4, -0.2) is 33.1 Å². The Morgan fingerprint density at radius 3 is 2.46 bits per heavy atom. The number of ether oxygens (including phenoxy) is 1. The van der Waals surface area contributed by atoms with Crippen LogP contribution in [0.1, 0.15) is 61.0 Å². The normalized spacial score (nSPS) is 21.3. The van der Waals surface area contributed by atoms with Crippen molar-refractivity contribution in [1.29, 1.82) is 0 Å². The van der Waals surface area contributed by atoms with Gasteiger partial charge in [0.05, 0.1) is 11.6 Å². The number of benzene rings is 2. The van der Waals surface area contributed by atoms with E-state index in [0.717, 1.165) is 16.9 Å². The molecule has 0 aliphatic carbocycles. The monoisotopic (exact) mass is 489 g/mol. The minimum atomic E-state index is -0.820. The van der Waals surface area contributed by atoms with Crippen LogP contribution in [0.2, 0.25) is 0 Å². The van der Waals surface area contributed by atoms with Gasteiger partial charge in [-0.2, -0.15) is 0 Å². The molecular weight excluding hydrogens is 462 g/mol. The predicted octanol–water partition coefficient (Wildman–Crippen LogP) is 5.09. The molecule has 2 aliphatic rings. The first-order valence-corrected chi connectivity index (χ1v) is 12.4. The lowest BCUT2D eigenvalue weighted by Crippen LogP contribution is -2.29. The fraction of sp³-hybridized carbons (Fsp3) is 0.333. The van der Waals surface area contributed by atoms with Crippen LogP contribution in [0.25, 0.3) is 5.76 Å². The predicted molar refractivity (Wildman–Crippen MR) is 135 cm³/mol. The number of aliphatic hydroxyl groups is 1. The van der Waals surface area contributed by atoms with E-state index in [9.17, 15) is 14.7 Å². The molecule has 2 atom stereocenters. The SMILES string of the molecule is Cc1nnc(N2C(=O)C(=O)/C(=C(\O)c3ccc4c(c3)CC(C)O4)C2c2ccc(C(C)(C)C)cc2)s1. The maximum absolute atomic E-state index is 13.3. The van der Waals surface area contributed by atoms with Crippen molar-refractivity contribution in [1.82, 2.24) is 10.2 Å². The number of Topliss-reactive ketones (excluding diaryl/α,β-unsaturated/α-hetero) is 1. The van der Waals surface area contributed by atoms with E-state index in [0.29, 0.717) is 27.7 Å². The summed E-state index contributed by atoms with van der Waals surface area (Å²) in [6, 6.07) is 12.3. The lowest BCUT2D eigenvalue weighted by molar-refractivity contribution is -0.132. The third-order valence-electron chi connectivity index (χ3n) is 6.43. The number of aliphatic hydroxyl groups excluding tert-OH is 1. The van der Waals surface area contributed by atoms with Crippen molar-refractivity contribution in [2.24, 2.45) is 0 Å². The second kappa shape index (κ2) is 8.30. The fourth-order valence-electron chi connectivity index (χ4n) is 4.62. The number of rotatable bonds is 3. The minimum Gasteiger partial charge on any atom is -0.507 e. The molecule has 1 N–H and O–H groups in total. The zero-order valence-electron chi connectivity index (χ0n) is 20.3. The maximum atomic E-state index is 13.3. The third-order valence-corrected chi connectivity index (χ3v) is 7.27. The Balaban J connectivity index is 1.67. The summed E-state index contributed by atoms with van der Waals surface area (Å²) in [5.74, 6) is -0.913. The Morgan fingerprint density at radius 1 is 1.11 bits per heavy atom. The molecule has 0 saturated carbocycles. The van der Waals surface area contributed by atoms with Gasteiger partial charge < -0.3 is 9.84 Å². The topological polar surface area (TPSA) is 92.6 Å². The Kier molecular flexibility index (Phi) is 5.51. The molecule has 180 valence electrons. The number of hydrogen-bond donors (Lipinski definition) is 1. The number of fused-ring (bicyclic) bond motifs is 1. The molecule has 3 heterocycles. The van der Waals surface area contributed by atoms with E-state index in [2.05, 4.69) is 31.0 Å². The first-order chi connectivity index (χ1) is 16.5.